The molecule has 5 nitrogen and oxygen atoms in total. The largest absolute Gasteiger partial charge is 0.465 e. The van der Waals surface area contributed by atoms with Crippen LogP contribution in [-0.4, -0.2) is 38.0 Å². The average Bonchev–Trinajstić information content (AvgIpc) is 2.49. The van der Waals surface area contributed by atoms with E-state index in [1.807, 2.05) is 0 Å². The molecule has 6 heteroatoms. The number of carbonyl (C=O) groups is 1. The summed E-state index contributed by atoms with van der Waals surface area (Å²) in [5.74, 6) is -0.490. The fourth-order valence-electron chi connectivity index (χ4n) is 1.85. The number of hydrogen-bond donors (Lipinski definition) is 1. The van der Waals surface area contributed by atoms with Crippen molar-refractivity contribution in [3.8, 4) is 0 Å². The van der Waals surface area contributed by atoms with Crippen LogP contribution in [0.25, 0.3) is 0 Å². The summed E-state index contributed by atoms with van der Waals surface area (Å²) < 4.78 is 27.4. The van der Waals surface area contributed by atoms with E-state index in [-0.39, 0.29) is 13.0 Å². The van der Waals surface area contributed by atoms with Crippen LogP contribution in [0, 0.1) is 0 Å². The topological polar surface area (TPSA) is 86.5 Å². The second-order valence-corrected chi connectivity index (χ2v) is 6.40. The maximum atomic E-state index is 11.5. The number of hydrogen-bond acceptors (Lipinski definition) is 5. The normalized spacial score (nSPS) is 31.5. The van der Waals surface area contributed by atoms with Gasteiger partial charge in [-0.25, -0.2) is 8.42 Å². The molecule has 0 saturated heterocycles. The number of ether oxygens (including phenoxy) is 1. The van der Waals surface area contributed by atoms with Gasteiger partial charge in [0, 0.05) is 6.26 Å². The van der Waals surface area contributed by atoms with Crippen LogP contribution in [-0.2, 0) is 19.4 Å². The Morgan fingerprint density at radius 2 is 2.20 bits per heavy atom. The minimum absolute atomic E-state index is 0.171. The molecule has 1 saturated carbocycles. The highest BCUT2D eigenvalue weighted by Gasteiger charge is 2.46. The average molecular weight is 235 g/mol. The molecule has 0 aliphatic heterocycles. The lowest BCUT2D eigenvalue weighted by molar-refractivity contribution is -0.149. The van der Waals surface area contributed by atoms with Crippen LogP contribution in [0.5, 0.6) is 0 Å². The monoisotopic (exact) mass is 235 g/mol. The summed E-state index contributed by atoms with van der Waals surface area (Å²) in [5.41, 5.74) is 4.73. The van der Waals surface area contributed by atoms with E-state index in [2.05, 4.69) is 0 Å². The van der Waals surface area contributed by atoms with Gasteiger partial charge in [-0.05, 0) is 26.2 Å². The van der Waals surface area contributed by atoms with E-state index in [9.17, 15) is 13.2 Å². The first-order valence-corrected chi connectivity index (χ1v) is 6.90. The fraction of sp³-hybridized carbons (Fsp3) is 0.889. The van der Waals surface area contributed by atoms with Crippen LogP contribution in [0.3, 0.4) is 0 Å². The third-order valence-electron chi connectivity index (χ3n) is 2.79. The molecule has 88 valence electrons. The molecule has 0 aromatic rings. The Balaban J connectivity index is 2.73. The Bertz CT molecular complexity index is 351. The second-order valence-electron chi connectivity index (χ2n) is 4.07. The molecule has 0 amide bonds. The molecule has 0 spiro atoms. The van der Waals surface area contributed by atoms with Crippen molar-refractivity contribution in [1.29, 1.82) is 0 Å². The fourth-order valence-corrected chi connectivity index (χ4v) is 3.00. The summed E-state index contributed by atoms with van der Waals surface area (Å²) in [5, 5.41) is -0.507. The smallest absolute Gasteiger partial charge is 0.326 e. The summed E-state index contributed by atoms with van der Waals surface area (Å²) in [6.45, 7) is 1.96. The molecule has 0 heterocycles. The van der Waals surface area contributed by atoms with E-state index in [4.69, 9.17) is 10.5 Å². The molecule has 1 aliphatic carbocycles. The maximum absolute atomic E-state index is 11.5. The van der Waals surface area contributed by atoms with E-state index in [0.29, 0.717) is 12.8 Å². The third-order valence-corrected chi connectivity index (χ3v) is 4.41. The van der Waals surface area contributed by atoms with Crippen molar-refractivity contribution >= 4 is 15.8 Å². The van der Waals surface area contributed by atoms with E-state index in [1.165, 1.54) is 6.26 Å². The van der Waals surface area contributed by atoms with Gasteiger partial charge in [0.25, 0.3) is 0 Å². The van der Waals surface area contributed by atoms with Gasteiger partial charge < -0.3 is 10.5 Å². The van der Waals surface area contributed by atoms with E-state index in [1.54, 1.807) is 6.92 Å². The van der Waals surface area contributed by atoms with Gasteiger partial charge in [0.2, 0.25) is 0 Å². The molecule has 15 heavy (non-hydrogen) atoms. The van der Waals surface area contributed by atoms with Gasteiger partial charge in [0.05, 0.1) is 11.9 Å². The van der Waals surface area contributed by atoms with Crippen LogP contribution < -0.4 is 5.73 Å². The zero-order valence-corrected chi connectivity index (χ0v) is 9.84. The Labute approximate surface area is 89.9 Å². The van der Waals surface area contributed by atoms with Crippen LogP contribution in [0.4, 0.5) is 0 Å². The first-order valence-electron chi connectivity index (χ1n) is 4.94. The van der Waals surface area contributed by atoms with Crippen LogP contribution >= 0.6 is 0 Å². The molecule has 0 radical (unpaired) electrons. The molecule has 0 aromatic heterocycles. The summed E-state index contributed by atoms with van der Waals surface area (Å²) >= 11 is 0. The summed E-state index contributed by atoms with van der Waals surface area (Å²) in [6.07, 6.45) is 2.16. The van der Waals surface area contributed by atoms with Crippen molar-refractivity contribution in [3.05, 3.63) is 0 Å². The Morgan fingerprint density at radius 3 is 2.60 bits per heavy atom. The van der Waals surface area contributed by atoms with Crippen molar-refractivity contribution < 1.29 is 17.9 Å². The molecule has 1 rings (SSSR count). The summed E-state index contributed by atoms with van der Waals surface area (Å²) in [4.78, 5) is 11.5. The molecule has 1 aliphatic rings. The van der Waals surface area contributed by atoms with Crippen LogP contribution in [0.1, 0.15) is 26.2 Å². The van der Waals surface area contributed by atoms with Gasteiger partial charge in [-0.1, -0.05) is 0 Å². The predicted molar refractivity (Wildman–Crippen MR) is 56.0 cm³/mol. The number of esters is 1. The second kappa shape index (κ2) is 4.09. The van der Waals surface area contributed by atoms with E-state index >= 15 is 0 Å². The van der Waals surface area contributed by atoms with Gasteiger partial charge in [-0.3, -0.25) is 4.79 Å². The number of nitrogens with two attached hydrogens (primary N) is 1. The minimum Gasteiger partial charge on any atom is -0.465 e. The van der Waals surface area contributed by atoms with Crippen molar-refractivity contribution in [3.63, 3.8) is 0 Å². The number of carbonyl (C=O) groups excluding carboxylic acids is 1. The quantitative estimate of drug-likeness (QED) is 0.687. The van der Waals surface area contributed by atoms with Crippen molar-refractivity contribution in [2.24, 2.45) is 5.73 Å². The van der Waals surface area contributed by atoms with Gasteiger partial charge in [0.1, 0.15) is 15.4 Å². The molecular weight excluding hydrogens is 218 g/mol. The van der Waals surface area contributed by atoms with Gasteiger partial charge in [-0.15, -0.1) is 0 Å². The lowest BCUT2D eigenvalue weighted by Crippen LogP contribution is -2.47. The molecule has 0 bridgehead atoms. The van der Waals surface area contributed by atoms with Crippen molar-refractivity contribution in [2.45, 2.75) is 37.0 Å². The summed E-state index contributed by atoms with van der Waals surface area (Å²) in [7, 11) is -3.11. The first-order chi connectivity index (χ1) is 6.79. The third kappa shape index (κ3) is 2.69. The molecular formula is C9H17NO4S. The zero-order chi connectivity index (χ0) is 11.7. The maximum Gasteiger partial charge on any atom is 0.326 e. The van der Waals surface area contributed by atoms with E-state index in [0.717, 1.165) is 0 Å². The van der Waals surface area contributed by atoms with Gasteiger partial charge >= 0.3 is 5.97 Å². The Morgan fingerprint density at radius 1 is 1.60 bits per heavy atom. The first kappa shape index (κ1) is 12.4. The molecule has 2 atom stereocenters. The summed E-state index contributed by atoms with van der Waals surface area (Å²) in [6, 6.07) is 0. The highest BCUT2D eigenvalue weighted by Crippen LogP contribution is 2.32. The van der Waals surface area contributed by atoms with E-state index < -0.39 is 26.6 Å². The minimum atomic E-state index is -3.11. The number of rotatable bonds is 3. The van der Waals surface area contributed by atoms with Crippen LogP contribution in [0.2, 0.25) is 0 Å². The molecule has 0 unspecified atom stereocenters. The van der Waals surface area contributed by atoms with Gasteiger partial charge in [0.15, 0.2) is 0 Å². The predicted octanol–water partition coefficient (Wildman–Crippen LogP) is -0.156. The SMILES string of the molecule is CCOC(=O)[C@]1(N)CC[C@H](S(C)(=O)=O)C1. The van der Waals surface area contributed by atoms with Crippen LogP contribution in [0.15, 0.2) is 0 Å². The van der Waals surface area contributed by atoms with Crippen molar-refractivity contribution in [2.75, 3.05) is 12.9 Å². The highest BCUT2D eigenvalue weighted by atomic mass is 32.2. The van der Waals surface area contributed by atoms with Gasteiger partial charge in [-0.2, -0.15) is 0 Å². The standard InChI is InChI=1S/C9H17NO4S/c1-3-14-8(11)9(10)5-4-7(6-9)15(2,12)13/h7H,3-6,10H2,1-2H3/t7-,9-/m0/s1. The Kier molecular flexibility index (Phi) is 3.40. The van der Waals surface area contributed by atoms with Crippen molar-refractivity contribution in [1.82, 2.24) is 0 Å². The lowest BCUT2D eigenvalue weighted by atomic mass is 10.00. The highest BCUT2D eigenvalue weighted by molar-refractivity contribution is 7.91. The zero-order valence-electron chi connectivity index (χ0n) is 9.02. The number of sulfone groups is 1. The Hall–Kier alpha value is -0.620. The molecule has 0 aromatic carbocycles. The molecule has 2 N–H and O–H groups in total. The molecule has 1 fully saturated rings. The lowest BCUT2D eigenvalue weighted by Gasteiger charge is -2.21.